The molecule has 0 spiro atoms. The molecule has 0 aliphatic heterocycles. The van der Waals surface area contributed by atoms with Gasteiger partial charge >= 0.3 is 5.97 Å². The Morgan fingerprint density at radius 2 is 1.85 bits per heavy atom. The summed E-state index contributed by atoms with van der Waals surface area (Å²) in [6, 6.07) is 0.479. The van der Waals surface area contributed by atoms with Crippen LogP contribution in [-0.4, -0.2) is 27.9 Å². The van der Waals surface area contributed by atoms with E-state index in [2.05, 4.69) is 5.32 Å². The van der Waals surface area contributed by atoms with Crippen LogP contribution in [-0.2, 0) is 4.79 Å². The van der Waals surface area contributed by atoms with Crippen LogP contribution in [0.25, 0.3) is 0 Å². The second-order valence-corrected chi connectivity index (χ2v) is 4.65. The first-order valence-electron chi connectivity index (χ1n) is 5.95. The van der Waals surface area contributed by atoms with Gasteiger partial charge in [0.25, 0.3) is 11.6 Å². The van der Waals surface area contributed by atoms with Crippen molar-refractivity contribution in [2.24, 2.45) is 0 Å². The van der Waals surface area contributed by atoms with Crippen LogP contribution in [0.1, 0.15) is 34.0 Å². The molecule has 1 amide bonds. The fourth-order valence-corrected chi connectivity index (χ4v) is 2.14. The maximum atomic E-state index is 12.1. The fraction of sp³-hybridized carbons (Fsp3) is 0.385. The summed E-state index contributed by atoms with van der Waals surface area (Å²) < 4.78 is 0. The Morgan fingerprint density at radius 3 is 2.30 bits per heavy atom. The van der Waals surface area contributed by atoms with E-state index < -0.39 is 22.8 Å². The molecule has 1 rings (SSSR count). The van der Waals surface area contributed by atoms with Crippen LogP contribution < -0.4 is 5.32 Å². The highest BCUT2D eigenvalue weighted by Gasteiger charge is 2.25. The Morgan fingerprint density at radius 1 is 1.30 bits per heavy atom. The van der Waals surface area contributed by atoms with Gasteiger partial charge in [-0.1, -0.05) is 0 Å². The number of benzene rings is 1. The number of carboxylic acid groups (broad SMARTS) is 1. The van der Waals surface area contributed by atoms with Crippen LogP contribution in [0.5, 0.6) is 0 Å². The summed E-state index contributed by atoms with van der Waals surface area (Å²) >= 11 is 0. The molecule has 2 N–H and O–H groups in total. The summed E-state index contributed by atoms with van der Waals surface area (Å²) in [5.41, 5.74) is 1.30. The lowest BCUT2D eigenvalue weighted by molar-refractivity contribution is -0.386. The normalized spacial score (nSPS) is 11.8. The highest BCUT2D eigenvalue weighted by molar-refractivity contribution is 6.00. The predicted octanol–water partition coefficient (Wildman–Crippen LogP) is 1.72. The predicted molar refractivity (Wildman–Crippen MR) is 71.9 cm³/mol. The molecule has 0 radical (unpaired) electrons. The third-order valence-corrected chi connectivity index (χ3v) is 3.06. The maximum absolute atomic E-state index is 12.1. The van der Waals surface area contributed by atoms with E-state index >= 15 is 0 Å². The highest BCUT2D eigenvalue weighted by Crippen LogP contribution is 2.28. The van der Waals surface area contributed by atoms with Gasteiger partial charge in [0.2, 0.25) is 0 Å². The van der Waals surface area contributed by atoms with Crippen LogP contribution >= 0.6 is 0 Å². The van der Waals surface area contributed by atoms with Gasteiger partial charge in [0, 0.05) is 11.1 Å². The number of nitro benzene ring substituents is 1. The second-order valence-electron chi connectivity index (χ2n) is 4.65. The van der Waals surface area contributed by atoms with Gasteiger partial charge in [-0.25, -0.2) is 0 Å². The van der Waals surface area contributed by atoms with E-state index in [1.165, 1.54) is 13.8 Å². The third kappa shape index (κ3) is 2.93. The summed E-state index contributed by atoms with van der Waals surface area (Å²) in [5.74, 6) is -1.80. The molecule has 0 saturated carbocycles. The first-order chi connectivity index (χ1) is 9.16. The lowest BCUT2D eigenvalue weighted by Crippen LogP contribution is -2.39. The monoisotopic (exact) mass is 280 g/mol. The van der Waals surface area contributed by atoms with Crippen molar-refractivity contribution in [2.75, 3.05) is 0 Å². The number of hydrogen-bond donors (Lipinski definition) is 2. The number of carbonyl (C=O) groups excluding carboxylic acids is 1. The van der Waals surface area contributed by atoms with Crippen LogP contribution in [0.15, 0.2) is 6.07 Å². The standard InChI is InChI=1S/C13H16N2O5/c1-6-5-7(2)11(15(19)20)8(3)10(6)12(16)14-9(4)13(17)18/h5,9H,1-4H3,(H,14,16)(H,17,18). The molecule has 108 valence electrons. The van der Waals surface area contributed by atoms with Gasteiger partial charge in [-0.15, -0.1) is 0 Å². The molecule has 1 aromatic rings. The molecule has 0 saturated heterocycles. The van der Waals surface area contributed by atoms with Crippen molar-refractivity contribution in [1.29, 1.82) is 0 Å². The zero-order valence-electron chi connectivity index (χ0n) is 11.7. The maximum Gasteiger partial charge on any atom is 0.325 e. The lowest BCUT2D eigenvalue weighted by Gasteiger charge is -2.14. The van der Waals surface area contributed by atoms with Gasteiger partial charge in [0.1, 0.15) is 6.04 Å². The van der Waals surface area contributed by atoms with Crippen molar-refractivity contribution < 1.29 is 19.6 Å². The van der Waals surface area contributed by atoms with Gasteiger partial charge in [-0.05, 0) is 39.3 Å². The van der Waals surface area contributed by atoms with E-state index in [1.54, 1.807) is 19.9 Å². The minimum Gasteiger partial charge on any atom is -0.480 e. The molecule has 7 nitrogen and oxygen atoms in total. The van der Waals surface area contributed by atoms with Gasteiger partial charge in [0.05, 0.1) is 10.5 Å². The van der Waals surface area contributed by atoms with Gasteiger partial charge in [-0.2, -0.15) is 0 Å². The van der Waals surface area contributed by atoms with Gasteiger partial charge in [-0.3, -0.25) is 19.7 Å². The van der Waals surface area contributed by atoms with Gasteiger partial charge in [0.15, 0.2) is 0 Å². The van der Waals surface area contributed by atoms with Crippen LogP contribution in [0.3, 0.4) is 0 Å². The molecule has 7 heteroatoms. The largest absolute Gasteiger partial charge is 0.480 e. The van der Waals surface area contributed by atoms with Crippen molar-refractivity contribution in [3.05, 3.63) is 38.4 Å². The lowest BCUT2D eigenvalue weighted by atomic mass is 9.96. The van der Waals surface area contributed by atoms with Crippen molar-refractivity contribution in [3.8, 4) is 0 Å². The van der Waals surface area contributed by atoms with Crippen molar-refractivity contribution in [1.82, 2.24) is 5.32 Å². The fourth-order valence-electron chi connectivity index (χ4n) is 2.14. The number of hydrogen-bond acceptors (Lipinski definition) is 4. The number of aliphatic carboxylic acids is 1. The number of nitrogens with zero attached hydrogens (tertiary/aromatic N) is 1. The molecule has 0 aliphatic carbocycles. The average Bonchev–Trinajstić information content (AvgIpc) is 2.26. The Bertz CT molecular complexity index is 595. The first kappa shape index (κ1) is 15.6. The number of carboxylic acids is 1. The van der Waals surface area contributed by atoms with E-state index in [0.717, 1.165) is 0 Å². The number of aryl methyl sites for hydroxylation is 2. The minimum absolute atomic E-state index is 0.122. The van der Waals surface area contributed by atoms with Crippen LogP contribution in [0.4, 0.5) is 5.69 Å². The van der Waals surface area contributed by atoms with E-state index in [-0.39, 0.29) is 16.8 Å². The molecular weight excluding hydrogens is 264 g/mol. The highest BCUT2D eigenvalue weighted by atomic mass is 16.6. The van der Waals surface area contributed by atoms with E-state index in [4.69, 9.17) is 5.11 Å². The smallest absolute Gasteiger partial charge is 0.325 e. The van der Waals surface area contributed by atoms with E-state index in [9.17, 15) is 19.7 Å². The van der Waals surface area contributed by atoms with Crippen LogP contribution in [0, 0.1) is 30.9 Å². The summed E-state index contributed by atoms with van der Waals surface area (Å²) in [6.07, 6.45) is 0. The summed E-state index contributed by atoms with van der Waals surface area (Å²) in [5, 5.41) is 22.1. The summed E-state index contributed by atoms with van der Waals surface area (Å²) in [4.78, 5) is 33.3. The SMILES string of the molecule is Cc1cc(C)c([N+](=O)[O-])c(C)c1C(=O)NC(C)C(=O)O. The van der Waals surface area contributed by atoms with Crippen molar-refractivity contribution in [3.63, 3.8) is 0 Å². The topological polar surface area (TPSA) is 110 Å². The molecule has 20 heavy (non-hydrogen) atoms. The quantitative estimate of drug-likeness (QED) is 0.644. The second kappa shape index (κ2) is 5.68. The van der Waals surface area contributed by atoms with Crippen LogP contribution in [0.2, 0.25) is 0 Å². The molecule has 0 bridgehead atoms. The summed E-state index contributed by atoms with van der Waals surface area (Å²) in [6.45, 7) is 6.07. The Labute approximate surface area is 115 Å². The number of rotatable bonds is 4. The molecule has 1 atom stereocenters. The Balaban J connectivity index is 3.31. The minimum atomic E-state index is -1.17. The van der Waals surface area contributed by atoms with Gasteiger partial charge < -0.3 is 10.4 Å². The number of amides is 1. The summed E-state index contributed by atoms with van der Waals surface area (Å²) in [7, 11) is 0. The van der Waals surface area contributed by atoms with Crippen molar-refractivity contribution >= 4 is 17.6 Å². The van der Waals surface area contributed by atoms with E-state index in [1.807, 2.05) is 0 Å². The molecular formula is C13H16N2O5. The molecule has 1 aromatic carbocycles. The molecule has 1 unspecified atom stereocenters. The first-order valence-corrected chi connectivity index (χ1v) is 5.95. The van der Waals surface area contributed by atoms with Crippen molar-refractivity contribution in [2.45, 2.75) is 33.7 Å². The number of nitro groups is 1. The number of carbonyl (C=O) groups is 2. The van der Waals surface area contributed by atoms with E-state index in [0.29, 0.717) is 11.1 Å². The Hall–Kier alpha value is -2.44. The molecule has 0 fully saturated rings. The molecule has 0 aromatic heterocycles. The Kier molecular flexibility index (Phi) is 4.44. The average molecular weight is 280 g/mol. The zero-order chi connectivity index (χ0) is 15.6. The third-order valence-electron chi connectivity index (χ3n) is 3.06. The zero-order valence-corrected chi connectivity index (χ0v) is 11.7. The number of nitrogens with one attached hydrogen (secondary N) is 1. The molecule has 0 aliphatic rings. The molecule has 0 heterocycles.